The molecule has 0 unspecified atom stereocenters. The number of hydrogen-bond acceptors (Lipinski definition) is 0. The van der Waals surface area contributed by atoms with E-state index in [0.717, 1.165) is 27.8 Å². The van der Waals surface area contributed by atoms with E-state index in [9.17, 15) is 0 Å². The predicted octanol–water partition coefficient (Wildman–Crippen LogP) is 6.78. The monoisotopic (exact) mass is 312 g/mol. The SMILES string of the molecule is C=CC(=C\C=C/C)/C(=C/C(=C)c1ccccc1)c1ccc(C)cc1. The second kappa shape index (κ2) is 8.69. The Morgan fingerprint density at radius 1 is 0.917 bits per heavy atom. The van der Waals surface area contributed by atoms with Gasteiger partial charge in [-0.1, -0.05) is 97.6 Å². The molecule has 2 aromatic carbocycles. The molecule has 0 radical (unpaired) electrons. The Labute approximate surface area is 145 Å². The molecule has 0 saturated heterocycles. The standard InChI is InChI=1S/C24H24/c1-5-7-11-21(6-2)24(23-16-14-19(3)15-17-23)18-20(4)22-12-9-8-10-13-22/h5-18H,2,4H2,1,3H3/b7-5-,21-11+,24-18-. The molecule has 2 rings (SSSR count). The zero-order valence-electron chi connectivity index (χ0n) is 14.5. The highest BCUT2D eigenvalue weighted by molar-refractivity contribution is 5.91. The third kappa shape index (κ3) is 4.57. The van der Waals surface area contributed by atoms with Gasteiger partial charge in [0.15, 0.2) is 0 Å². The highest BCUT2D eigenvalue weighted by atomic mass is 14.1. The molecular weight excluding hydrogens is 288 g/mol. The van der Waals surface area contributed by atoms with Crippen molar-refractivity contribution in [3.8, 4) is 0 Å². The number of rotatable bonds is 6. The van der Waals surface area contributed by atoms with Crippen LogP contribution in [0.1, 0.15) is 23.6 Å². The summed E-state index contributed by atoms with van der Waals surface area (Å²) >= 11 is 0. The van der Waals surface area contributed by atoms with Gasteiger partial charge in [-0.05, 0) is 47.8 Å². The van der Waals surface area contributed by atoms with Crippen molar-refractivity contribution >= 4 is 11.1 Å². The smallest absolute Gasteiger partial charge is 0.0106 e. The molecule has 120 valence electrons. The van der Waals surface area contributed by atoms with Gasteiger partial charge in [0.25, 0.3) is 0 Å². The zero-order chi connectivity index (χ0) is 17.4. The van der Waals surface area contributed by atoms with Crippen LogP contribution in [-0.4, -0.2) is 0 Å². The fraction of sp³-hybridized carbons (Fsp3) is 0.0833. The van der Waals surface area contributed by atoms with Crippen molar-refractivity contribution in [3.05, 3.63) is 120 Å². The van der Waals surface area contributed by atoms with Crippen LogP contribution in [0.5, 0.6) is 0 Å². The van der Waals surface area contributed by atoms with Gasteiger partial charge in [0.05, 0.1) is 0 Å². The largest absolute Gasteiger partial charge is 0.0984 e. The minimum atomic E-state index is 0.986. The summed E-state index contributed by atoms with van der Waals surface area (Å²) < 4.78 is 0. The van der Waals surface area contributed by atoms with Crippen molar-refractivity contribution in [1.29, 1.82) is 0 Å². The van der Waals surface area contributed by atoms with E-state index in [-0.39, 0.29) is 0 Å². The maximum absolute atomic E-state index is 4.25. The maximum atomic E-state index is 4.25. The Bertz CT molecular complexity index is 782. The van der Waals surface area contributed by atoms with Crippen LogP contribution in [0.25, 0.3) is 11.1 Å². The first-order chi connectivity index (χ1) is 11.7. The molecule has 2 aromatic rings. The van der Waals surface area contributed by atoms with E-state index in [2.05, 4.69) is 68.6 Å². The summed E-state index contributed by atoms with van der Waals surface area (Å²) in [5.41, 5.74) is 6.72. The third-order valence-corrected chi connectivity index (χ3v) is 3.82. The van der Waals surface area contributed by atoms with E-state index in [0.29, 0.717) is 0 Å². The number of benzene rings is 2. The van der Waals surface area contributed by atoms with E-state index in [1.165, 1.54) is 5.56 Å². The van der Waals surface area contributed by atoms with Gasteiger partial charge in [0, 0.05) is 0 Å². The Balaban J connectivity index is 2.53. The summed E-state index contributed by atoms with van der Waals surface area (Å²) in [5.74, 6) is 0. The van der Waals surface area contributed by atoms with E-state index in [4.69, 9.17) is 0 Å². The Kier molecular flexibility index (Phi) is 6.33. The molecule has 0 heteroatoms. The molecular formula is C24H24. The number of allylic oxidation sites excluding steroid dienone is 8. The van der Waals surface area contributed by atoms with Crippen LogP contribution in [0, 0.1) is 6.92 Å². The average Bonchev–Trinajstić information content (AvgIpc) is 2.62. The second-order valence-electron chi connectivity index (χ2n) is 5.67. The number of hydrogen-bond donors (Lipinski definition) is 0. The van der Waals surface area contributed by atoms with Gasteiger partial charge in [0.2, 0.25) is 0 Å². The average molecular weight is 312 g/mol. The van der Waals surface area contributed by atoms with Crippen LogP contribution >= 0.6 is 0 Å². The Hall–Kier alpha value is -2.86. The topological polar surface area (TPSA) is 0 Å². The molecule has 0 N–H and O–H groups in total. The van der Waals surface area contributed by atoms with Crippen molar-refractivity contribution < 1.29 is 0 Å². The van der Waals surface area contributed by atoms with E-state index < -0.39 is 0 Å². The lowest BCUT2D eigenvalue weighted by Gasteiger charge is -2.11. The van der Waals surface area contributed by atoms with Gasteiger partial charge in [-0.25, -0.2) is 0 Å². The molecule has 0 fully saturated rings. The van der Waals surface area contributed by atoms with E-state index >= 15 is 0 Å². The van der Waals surface area contributed by atoms with Gasteiger partial charge in [-0.15, -0.1) is 0 Å². The fourth-order valence-electron chi connectivity index (χ4n) is 2.44. The third-order valence-electron chi connectivity index (χ3n) is 3.82. The quantitative estimate of drug-likeness (QED) is 0.516. The van der Waals surface area contributed by atoms with Crippen LogP contribution < -0.4 is 0 Å². The highest BCUT2D eigenvalue weighted by Gasteiger charge is 2.07. The van der Waals surface area contributed by atoms with Crippen LogP contribution in [0.2, 0.25) is 0 Å². The van der Waals surface area contributed by atoms with Crippen LogP contribution in [-0.2, 0) is 0 Å². The minimum Gasteiger partial charge on any atom is -0.0984 e. The molecule has 0 saturated carbocycles. The van der Waals surface area contributed by atoms with Gasteiger partial charge < -0.3 is 0 Å². The second-order valence-corrected chi connectivity index (χ2v) is 5.67. The van der Waals surface area contributed by atoms with Gasteiger partial charge >= 0.3 is 0 Å². The molecule has 0 aliphatic heterocycles. The molecule has 0 aromatic heterocycles. The molecule has 0 spiro atoms. The molecule has 0 aliphatic rings. The molecule has 0 aliphatic carbocycles. The summed E-state index contributed by atoms with van der Waals surface area (Å²) in [6.45, 7) is 12.3. The predicted molar refractivity (Wildman–Crippen MR) is 108 cm³/mol. The highest BCUT2D eigenvalue weighted by Crippen LogP contribution is 2.28. The summed E-state index contributed by atoms with van der Waals surface area (Å²) in [4.78, 5) is 0. The molecule has 0 nitrogen and oxygen atoms in total. The summed E-state index contributed by atoms with van der Waals surface area (Å²) in [5, 5.41) is 0. The lowest BCUT2D eigenvalue weighted by Crippen LogP contribution is -1.90. The van der Waals surface area contributed by atoms with E-state index in [1.807, 2.05) is 43.4 Å². The van der Waals surface area contributed by atoms with Crippen molar-refractivity contribution in [2.75, 3.05) is 0 Å². The van der Waals surface area contributed by atoms with Crippen molar-refractivity contribution in [1.82, 2.24) is 0 Å². The van der Waals surface area contributed by atoms with Crippen LogP contribution in [0.3, 0.4) is 0 Å². The Morgan fingerprint density at radius 2 is 1.58 bits per heavy atom. The van der Waals surface area contributed by atoms with Crippen molar-refractivity contribution in [2.45, 2.75) is 13.8 Å². The van der Waals surface area contributed by atoms with Crippen molar-refractivity contribution in [2.24, 2.45) is 0 Å². The lowest BCUT2D eigenvalue weighted by atomic mass is 9.93. The van der Waals surface area contributed by atoms with Gasteiger partial charge in [0.1, 0.15) is 0 Å². The van der Waals surface area contributed by atoms with Crippen molar-refractivity contribution in [3.63, 3.8) is 0 Å². The molecule has 0 atom stereocenters. The zero-order valence-corrected chi connectivity index (χ0v) is 14.5. The first-order valence-electron chi connectivity index (χ1n) is 8.14. The Morgan fingerprint density at radius 3 is 2.17 bits per heavy atom. The summed E-state index contributed by atoms with van der Waals surface area (Å²) in [7, 11) is 0. The molecule has 0 amide bonds. The van der Waals surface area contributed by atoms with Crippen LogP contribution in [0.15, 0.2) is 104 Å². The summed E-state index contributed by atoms with van der Waals surface area (Å²) in [6.07, 6.45) is 10.2. The number of aryl methyl sites for hydroxylation is 1. The van der Waals surface area contributed by atoms with Gasteiger partial charge in [-0.3, -0.25) is 0 Å². The molecule has 24 heavy (non-hydrogen) atoms. The fourth-order valence-corrected chi connectivity index (χ4v) is 2.44. The van der Waals surface area contributed by atoms with E-state index in [1.54, 1.807) is 0 Å². The maximum Gasteiger partial charge on any atom is -0.0106 e. The summed E-state index contributed by atoms with van der Waals surface area (Å²) in [6, 6.07) is 18.8. The first-order valence-corrected chi connectivity index (χ1v) is 8.14. The molecule has 0 heterocycles. The first kappa shape index (κ1) is 17.5. The normalized spacial score (nSPS) is 12.4. The molecule has 0 bridgehead atoms. The van der Waals surface area contributed by atoms with Crippen LogP contribution in [0.4, 0.5) is 0 Å². The minimum absolute atomic E-state index is 0.986. The van der Waals surface area contributed by atoms with Gasteiger partial charge in [-0.2, -0.15) is 0 Å². The lowest BCUT2D eigenvalue weighted by molar-refractivity contribution is 1.45.